The van der Waals surface area contributed by atoms with Crippen LogP contribution in [0.15, 0.2) is 18.2 Å². The lowest BCUT2D eigenvalue weighted by Crippen LogP contribution is -2.42. The minimum atomic E-state index is -0.0456. The number of phenols is 1. The van der Waals surface area contributed by atoms with Crippen molar-refractivity contribution >= 4 is 23.4 Å². The normalized spacial score (nSPS) is 19.4. The Morgan fingerprint density at radius 1 is 1.55 bits per heavy atom. The number of hydrogen-bond donors (Lipinski definition) is 2. The molecule has 1 atom stereocenters. The van der Waals surface area contributed by atoms with E-state index < -0.39 is 0 Å². The molecule has 2 amide bonds. The molecule has 1 aliphatic heterocycles. The first kappa shape index (κ1) is 14.7. The molecular formula is C14H17ClN2O3. The summed E-state index contributed by atoms with van der Waals surface area (Å²) >= 11 is 5.83. The number of nitrogens with zero attached hydrogens (tertiary/aromatic N) is 1. The molecule has 108 valence electrons. The maximum Gasteiger partial charge on any atom is 0.227 e. The van der Waals surface area contributed by atoms with Gasteiger partial charge in [0.05, 0.1) is 11.4 Å². The van der Waals surface area contributed by atoms with Crippen LogP contribution in [0.5, 0.6) is 5.75 Å². The summed E-state index contributed by atoms with van der Waals surface area (Å²) < 4.78 is 0. The van der Waals surface area contributed by atoms with Crippen LogP contribution in [0.4, 0.5) is 0 Å². The van der Waals surface area contributed by atoms with Gasteiger partial charge in [0.25, 0.3) is 0 Å². The lowest BCUT2D eigenvalue weighted by molar-refractivity contribution is -0.132. The molecular weight excluding hydrogens is 280 g/mol. The van der Waals surface area contributed by atoms with Gasteiger partial charge in [-0.3, -0.25) is 9.59 Å². The Balaban J connectivity index is 2.06. The van der Waals surface area contributed by atoms with Gasteiger partial charge < -0.3 is 15.3 Å². The van der Waals surface area contributed by atoms with Gasteiger partial charge >= 0.3 is 0 Å². The van der Waals surface area contributed by atoms with Crippen molar-refractivity contribution in [3.05, 3.63) is 28.8 Å². The Labute approximate surface area is 122 Å². The molecule has 0 spiro atoms. The minimum absolute atomic E-state index is 0.000743. The second-order valence-corrected chi connectivity index (χ2v) is 5.36. The lowest BCUT2D eigenvalue weighted by Gasteiger charge is -2.26. The average Bonchev–Trinajstić information content (AvgIpc) is 2.56. The Kier molecular flexibility index (Phi) is 4.49. The summed E-state index contributed by atoms with van der Waals surface area (Å²) in [5, 5.41) is 12.4. The molecule has 0 saturated carbocycles. The van der Waals surface area contributed by atoms with Crippen molar-refractivity contribution in [2.24, 2.45) is 0 Å². The van der Waals surface area contributed by atoms with E-state index in [1.165, 1.54) is 6.07 Å². The fourth-order valence-electron chi connectivity index (χ4n) is 2.21. The second kappa shape index (κ2) is 6.13. The van der Waals surface area contributed by atoms with Gasteiger partial charge in [-0.05, 0) is 24.6 Å². The monoisotopic (exact) mass is 296 g/mol. The SMILES string of the molecule is C[C@H]1CNC(=O)CCN1C(=O)Cc1ccc(O)c(Cl)c1. The quantitative estimate of drug-likeness (QED) is 0.865. The molecule has 1 saturated heterocycles. The smallest absolute Gasteiger partial charge is 0.227 e. The van der Waals surface area contributed by atoms with Crippen LogP contribution in [0.2, 0.25) is 5.02 Å². The number of carbonyl (C=O) groups is 2. The summed E-state index contributed by atoms with van der Waals surface area (Å²) in [6, 6.07) is 4.70. The molecule has 1 aromatic carbocycles. The Hall–Kier alpha value is -1.75. The van der Waals surface area contributed by atoms with Gasteiger partial charge in [0, 0.05) is 25.6 Å². The van der Waals surface area contributed by atoms with E-state index in [1.54, 1.807) is 17.0 Å². The largest absolute Gasteiger partial charge is 0.506 e. The van der Waals surface area contributed by atoms with Gasteiger partial charge in [-0.15, -0.1) is 0 Å². The Morgan fingerprint density at radius 2 is 2.30 bits per heavy atom. The van der Waals surface area contributed by atoms with Crippen molar-refractivity contribution in [3.8, 4) is 5.75 Å². The van der Waals surface area contributed by atoms with E-state index in [1.807, 2.05) is 6.92 Å². The molecule has 20 heavy (non-hydrogen) atoms. The van der Waals surface area contributed by atoms with Crippen molar-refractivity contribution in [1.29, 1.82) is 0 Å². The van der Waals surface area contributed by atoms with Crippen molar-refractivity contribution in [2.45, 2.75) is 25.8 Å². The van der Waals surface area contributed by atoms with Crippen LogP contribution in [0.1, 0.15) is 18.9 Å². The second-order valence-electron chi connectivity index (χ2n) is 4.95. The molecule has 1 aliphatic rings. The number of amides is 2. The third-order valence-electron chi connectivity index (χ3n) is 3.39. The van der Waals surface area contributed by atoms with Gasteiger partial charge in [0.15, 0.2) is 0 Å². The van der Waals surface area contributed by atoms with Crippen LogP contribution in [-0.4, -0.2) is 41.0 Å². The summed E-state index contributed by atoms with van der Waals surface area (Å²) in [6.45, 7) is 2.81. The van der Waals surface area contributed by atoms with Gasteiger partial charge in [0.2, 0.25) is 11.8 Å². The minimum Gasteiger partial charge on any atom is -0.506 e. The van der Waals surface area contributed by atoms with Crippen molar-refractivity contribution in [3.63, 3.8) is 0 Å². The number of hydrogen-bond acceptors (Lipinski definition) is 3. The molecule has 1 fully saturated rings. The molecule has 0 aromatic heterocycles. The number of nitrogens with one attached hydrogen (secondary N) is 1. The molecule has 1 heterocycles. The van der Waals surface area contributed by atoms with Crippen LogP contribution in [0, 0.1) is 0 Å². The molecule has 5 nitrogen and oxygen atoms in total. The Bertz CT molecular complexity index is 533. The van der Waals surface area contributed by atoms with E-state index in [4.69, 9.17) is 11.6 Å². The predicted octanol–water partition coefficient (Wildman–Crippen LogP) is 1.33. The number of halogens is 1. The number of rotatable bonds is 2. The topological polar surface area (TPSA) is 69.6 Å². The molecule has 0 bridgehead atoms. The van der Waals surface area contributed by atoms with Gasteiger partial charge in [-0.1, -0.05) is 17.7 Å². The highest BCUT2D eigenvalue weighted by Crippen LogP contribution is 2.24. The Morgan fingerprint density at radius 3 is 3.00 bits per heavy atom. The van der Waals surface area contributed by atoms with Crippen LogP contribution < -0.4 is 5.32 Å². The summed E-state index contributed by atoms with van der Waals surface area (Å²) in [5.41, 5.74) is 0.744. The highest BCUT2D eigenvalue weighted by molar-refractivity contribution is 6.32. The van der Waals surface area contributed by atoms with Gasteiger partial charge in [-0.2, -0.15) is 0 Å². The standard InChI is InChI=1S/C14H17ClN2O3/c1-9-8-16-13(19)4-5-17(9)14(20)7-10-2-3-12(18)11(15)6-10/h2-3,6,9,18H,4-5,7-8H2,1H3,(H,16,19)/t9-/m0/s1. The van der Waals surface area contributed by atoms with E-state index in [9.17, 15) is 14.7 Å². The first-order chi connectivity index (χ1) is 9.47. The fourth-order valence-corrected chi connectivity index (χ4v) is 2.41. The highest BCUT2D eigenvalue weighted by Gasteiger charge is 2.24. The molecule has 0 aliphatic carbocycles. The van der Waals surface area contributed by atoms with Crippen LogP contribution >= 0.6 is 11.6 Å². The zero-order chi connectivity index (χ0) is 14.7. The maximum atomic E-state index is 12.3. The lowest BCUT2D eigenvalue weighted by atomic mass is 10.1. The van der Waals surface area contributed by atoms with Crippen molar-refractivity contribution in [1.82, 2.24) is 10.2 Å². The van der Waals surface area contributed by atoms with Crippen LogP contribution in [0.25, 0.3) is 0 Å². The number of aromatic hydroxyl groups is 1. The number of benzene rings is 1. The molecule has 2 N–H and O–H groups in total. The average molecular weight is 297 g/mol. The first-order valence-corrected chi connectivity index (χ1v) is 6.88. The molecule has 0 radical (unpaired) electrons. The first-order valence-electron chi connectivity index (χ1n) is 6.51. The zero-order valence-corrected chi connectivity index (χ0v) is 12.0. The zero-order valence-electron chi connectivity index (χ0n) is 11.2. The van der Waals surface area contributed by atoms with Gasteiger partial charge in [0.1, 0.15) is 5.75 Å². The van der Waals surface area contributed by atoms with E-state index in [2.05, 4.69) is 5.32 Å². The molecule has 6 heteroatoms. The molecule has 0 unspecified atom stereocenters. The van der Waals surface area contributed by atoms with E-state index in [0.29, 0.717) is 19.5 Å². The van der Waals surface area contributed by atoms with Gasteiger partial charge in [-0.25, -0.2) is 0 Å². The summed E-state index contributed by atoms with van der Waals surface area (Å²) in [5.74, 6) is -0.0728. The van der Waals surface area contributed by atoms with Crippen LogP contribution in [0.3, 0.4) is 0 Å². The highest BCUT2D eigenvalue weighted by atomic mass is 35.5. The summed E-state index contributed by atoms with van der Waals surface area (Å²) in [4.78, 5) is 25.4. The van der Waals surface area contributed by atoms with Crippen molar-refractivity contribution < 1.29 is 14.7 Å². The third kappa shape index (κ3) is 3.42. The molecule has 2 rings (SSSR count). The van der Waals surface area contributed by atoms with Crippen molar-refractivity contribution in [2.75, 3.05) is 13.1 Å². The third-order valence-corrected chi connectivity index (χ3v) is 3.70. The number of carbonyl (C=O) groups excluding carboxylic acids is 2. The number of phenolic OH excluding ortho intramolecular Hbond substituents is 1. The maximum absolute atomic E-state index is 12.3. The molecule has 1 aromatic rings. The van der Waals surface area contributed by atoms with E-state index in [0.717, 1.165) is 5.56 Å². The summed E-state index contributed by atoms with van der Waals surface area (Å²) in [6.07, 6.45) is 0.533. The van der Waals surface area contributed by atoms with E-state index in [-0.39, 0.29) is 35.0 Å². The predicted molar refractivity (Wildman–Crippen MR) is 75.6 cm³/mol. The fraction of sp³-hybridized carbons (Fsp3) is 0.429. The summed E-state index contributed by atoms with van der Waals surface area (Å²) in [7, 11) is 0. The van der Waals surface area contributed by atoms with E-state index >= 15 is 0 Å². The van der Waals surface area contributed by atoms with Crippen LogP contribution in [-0.2, 0) is 16.0 Å².